The van der Waals surface area contributed by atoms with Gasteiger partial charge in [-0.25, -0.2) is 0 Å². The average Bonchev–Trinajstić information content (AvgIpc) is 2.83. The van der Waals surface area contributed by atoms with Gasteiger partial charge in [0.15, 0.2) is 0 Å². The van der Waals surface area contributed by atoms with Gasteiger partial charge in [0.1, 0.15) is 0 Å². The fourth-order valence-electron chi connectivity index (χ4n) is 4.70. The van der Waals surface area contributed by atoms with Crippen molar-refractivity contribution in [3.8, 4) is 0 Å². The smallest absolute Gasteiger partial charge is 0.312 e. The van der Waals surface area contributed by atoms with Crippen LogP contribution in [0.4, 0.5) is 0 Å². The van der Waals surface area contributed by atoms with Crippen LogP contribution in [0.25, 0.3) is 0 Å². The second-order valence-corrected chi connectivity index (χ2v) is 12.8. The third-order valence-electron chi connectivity index (χ3n) is 7.16. The van der Waals surface area contributed by atoms with Crippen molar-refractivity contribution < 1.29 is 13.6 Å². The average molecular weight is 503 g/mol. The number of unbranched alkanes of at least 4 members (excludes halogenated alkanes) is 25. The summed E-state index contributed by atoms with van der Waals surface area (Å²) in [7, 11) is -1.33. The molecule has 0 rings (SSSR count). The van der Waals surface area contributed by atoms with Crippen molar-refractivity contribution >= 4 is 7.60 Å². The van der Waals surface area contributed by atoms with Crippen molar-refractivity contribution in [1.29, 1.82) is 0 Å². The topological polar surface area (TPSA) is 35.5 Å². The summed E-state index contributed by atoms with van der Waals surface area (Å²) in [4.78, 5) is 0. The molecule has 34 heavy (non-hydrogen) atoms. The molecule has 0 aromatic heterocycles. The van der Waals surface area contributed by atoms with E-state index in [0.717, 1.165) is 6.42 Å². The van der Waals surface area contributed by atoms with Crippen molar-refractivity contribution in [2.24, 2.45) is 0 Å². The van der Waals surface area contributed by atoms with Gasteiger partial charge in [-0.3, -0.25) is 4.57 Å². The molecule has 1 unspecified atom stereocenters. The highest BCUT2D eigenvalue weighted by Crippen LogP contribution is 2.42. The lowest BCUT2D eigenvalue weighted by Gasteiger charge is -2.10. The Labute approximate surface area is 215 Å². The van der Waals surface area contributed by atoms with Crippen molar-refractivity contribution in [1.82, 2.24) is 0 Å². The minimum absolute atomic E-state index is 0.557. The number of rotatable bonds is 29. The van der Waals surface area contributed by atoms with E-state index in [1.54, 1.807) is 0 Å². The molecule has 0 aliphatic carbocycles. The van der Waals surface area contributed by atoms with Crippen LogP contribution >= 0.6 is 7.60 Å². The first-order chi connectivity index (χ1) is 16.6. The zero-order chi connectivity index (χ0) is 25.0. The van der Waals surface area contributed by atoms with Crippen LogP contribution in [-0.2, 0) is 13.6 Å². The van der Waals surface area contributed by atoms with E-state index < -0.39 is 7.60 Å². The lowest BCUT2D eigenvalue weighted by Crippen LogP contribution is -1.94. The Bertz CT molecular complexity index is 427. The Kier molecular flexibility index (Phi) is 27.9. The third kappa shape index (κ3) is 28.4. The van der Waals surface area contributed by atoms with Gasteiger partial charge in [-0.1, -0.05) is 167 Å². The standard InChI is InChI=1S/C30H63O3P/c1-4-5-6-7-8-9-10-11-12-13-14-15-16-17-18-19-20-21-22-23-24-25-26-27-28-29-30-33-34(3,31)32-2/h4-30H2,1-3H3. The minimum atomic E-state index is -2.77. The van der Waals surface area contributed by atoms with Gasteiger partial charge < -0.3 is 9.05 Å². The van der Waals surface area contributed by atoms with E-state index in [4.69, 9.17) is 9.05 Å². The summed E-state index contributed by atoms with van der Waals surface area (Å²) in [5.74, 6) is 0. The van der Waals surface area contributed by atoms with E-state index in [1.807, 2.05) is 0 Å². The van der Waals surface area contributed by atoms with E-state index in [-0.39, 0.29) is 0 Å². The van der Waals surface area contributed by atoms with Gasteiger partial charge in [0, 0.05) is 13.8 Å². The SMILES string of the molecule is CCCCCCCCCCCCCCCCCCCCCCCCCCCCOP(C)(=O)OC. The lowest BCUT2D eigenvalue weighted by atomic mass is 10.0. The van der Waals surface area contributed by atoms with Crippen LogP contribution in [0.3, 0.4) is 0 Å². The molecule has 0 aromatic carbocycles. The van der Waals surface area contributed by atoms with Gasteiger partial charge in [0.05, 0.1) is 6.61 Å². The van der Waals surface area contributed by atoms with Crippen molar-refractivity contribution in [3.05, 3.63) is 0 Å². The second kappa shape index (κ2) is 27.7. The summed E-state index contributed by atoms with van der Waals surface area (Å²) in [5.41, 5.74) is 0. The molecule has 0 aliphatic rings. The molecular weight excluding hydrogens is 439 g/mol. The molecule has 0 fully saturated rings. The number of hydrogen-bond acceptors (Lipinski definition) is 3. The Hall–Kier alpha value is 0.150. The molecule has 0 saturated carbocycles. The van der Waals surface area contributed by atoms with Crippen LogP contribution in [0.15, 0.2) is 0 Å². The summed E-state index contributed by atoms with van der Waals surface area (Å²) < 4.78 is 21.7. The molecule has 4 heteroatoms. The molecule has 0 N–H and O–H groups in total. The van der Waals surface area contributed by atoms with Crippen molar-refractivity contribution in [2.75, 3.05) is 20.4 Å². The van der Waals surface area contributed by atoms with Gasteiger partial charge in [0.2, 0.25) is 0 Å². The summed E-state index contributed by atoms with van der Waals surface area (Å²) in [6.45, 7) is 4.39. The molecule has 1 atom stereocenters. The van der Waals surface area contributed by atoms with Crippen LogP contribution in [0, 0.1) is 0 Å². The molecule has 0 bridgehead atoms. The Morgan fingerprint density at radius 1 is 0.441 bits per heavy atom. The molecule has 0 radical (unpaired) electrons. The van der Waals surface area contributed by atoms with E-state index in [2.05, 4.69) is 6.92 Å². The van der Waals surface area contributed by atoms with Crippen LogP contribution in [0.2, 0.25) is 0 Å². The predicted octanol–water partition coefficient (Wildman–Crippen LogP) is 11.6. The van der Waals surface area contributed by atoms with E-state index >= 15 is 0 Å². The molecule has 206 valence electrons. The summed E-state index contributed by atoms with van der Waals surface area (Å²) in [6, 6.07) is 0. The third-order valence-corrected chi connectivity index (χ3v) is 8.47. The Morgan fingerprint density at radius 2 is 0.676 bits per heavy atom. The van der Waals surface area contributed by atoms with Gasteiger partial charge in [-0.2, -0.15) is 0 Å². The zero-order valence-corrected chi connectivity index (χ0v) is 24.7. The van der Waals surface area contributed by atoms with Gasteiger partial charge in [-0.05, 0) is 6.42 Å². The highest BCUT2D eigenvalue weighted by atomic mass is 31.2. The zero-order valence-electron chi connectivity index (χ0n) is 23.8. The molecule has 3 nitrogen and oxygen atoms in total. The molecule has 0 heterocycles. The highest BCUT2D eigenvalue weighted by Gasteiger charge is 2.12. The van der Waals surface area contributed by atoms with Crippen molar-refractivity contribution in [3.63, 3.8) is 0 Å². The maximum absolute atomic E-state index is 11.6. The predicted molar refractivity (Wildman–Crippen MR) is 152 cm³/mol. The lowest BCUT2D eigenvalue weighted by molar-refractivity contribution is 0.233. The number of hydrogen-bond donors (Lipinski definition) is 0. The van der Waals surface area contributed by atoms with Crippen LogP contribution in [0.5, 0.6) is 0 Å². The maximum Gasteiger partial charge on any atom is 0.327 e. The molecule has 0 saturated heterocycles. The van der Waals surface area contributed by atoms with E-state index in [1.165, 1.54) is 174 Å². The Balaban J connectivity index is 3.06. The summed E-state index contributed by atoms with van der Waals surface area (Å²) in [5, 5.41) is 0. The quantitative estimate of drug-likeness (QED) is 0.0753. The van der Waals surface area contributed by atoms with Crippen LogP contribution in [0.1, 0.15) is 174 Å². The van der Waals surface area contributed by atoms with E-state index in [9.17, 15) is 4.57 Å². The largest absolute Gasteiger partial charge is 0.327 e. The van der Waals surface area contributed by atoms with Crippen LogP contribution < -0.4 is 0 Å². The molecule has 0 aromatic rings. The van der Waals surface area contributed by atoms with Gasteiger partial charge >= 0.3 is 7.60 Å². The van der Waals surface area contributed by atoms with Crippen LogP contribution in [-0.4, -0.2) is 20.4 Å². The molecule has 0 spiro atoms. The summed E-state index contributed by atoms with van der Waals surface area (Å²) >= 11 is 0. The Morgan fingerprint density at radius 3 is 0.912 bits per heavy atom. The van der Waals surface area contributed by atoms with E-state index in [0.29, 0.717) is 6.61 Å². The highest BCUT2D eigenvalue weighted by molar-refractivity contribution is 7.52. The van der Waals surface area contributed by atoms with Crippen molar-refractivity contribution in [2.45, 2.75) is 174 Å². The monoisotopic (exact) mass is 502 g/mol. The minimum Gasteiger partial charge on any atom is -0.312 e. The van der Waals surface area contributed by atoms with Gasteiger partial charge in [-0.15, -0.1) is 0 Å². The first kappa shape index (κ1) is 34.1. The molecular formula is C30H63O3P. The fourth-order valence-corrected chi connectivity index (χ4v) is 5.27. The van der Waals surface area contributed by atoms with Gasteiger partial charge in [0.25, 0.3) is 0 Å². The molecule has 0 aliphatic heterocycles. The second-order valence-electron chi connectivity index (χ2n) is 10.6. The first-order valence-corrected chi connectivity index (χ1v) is 17.4. The maximum atomic E-state index is 11.6. The fraction of sp³-hybridized carbons (Fsp3) is 1.00. The normalized spacial score (nSPS) is 13.4. The molecule has 0 amide bonds. The first-order valence-electron chi connectivity index (χ1n) is 15.4. The summed E-state index contributed by atoms with van der Waals surface area (Å²) in [6.07, 6.45) is 36.6.